The molecule has 0 aliphatic carbocycles. The molecule has 0 unspecified atom stereocenters. The Bertz CT molecular complexity index is 895. The molecule has 0 atom stereocenters. The summed E-state index contributed by atoms with van der Waals surface area (Å²) in [7, 11) is 0. The molecule has 0 spiro atoms. The Kier molecular flexibility index (Phi) is 7.06. The van der Waals surface area contributed by atoms with Gasteiger partial charge in [-0.05, 0) is 43.0 Å². The first-order chi connectivity index (χ1) is 13.6. The molecular weight excluding hydrogens is 392 g/mol. The van der Waals surface area contributed by atoms with Gasteiger partial charge < -0.3 is 15.4 Å². The zero-order chi connectivity index (χ0) is 19.9. The van der Waals surface area contributed by atoms with E-state index in [1.807, 2.05) is 30.5 Å². The van der Waals surface area contributed by atoms with Crippen LogP contribution in [0.1, 0.15) is 22.8 Å². The smallest absolute Gasteiger partial charge is 0.265 e. The van der Waals surface area contributed by atoms with Gasteiger partial charge in [0.05, 0.1) is 17.9 Å². The molecule has 28 heavy (non-hydrogen) atoms. The molecule has 5 nitrogen and oxygen atoms in total. The van der Waals surface area contributed by atoms with E-state index in [0.717, 1.165) is 11.3 Å². The van der Waals surface area contributed by atoms with Crippen LogP contribution in [0, 0.1) is 0 Å². The molecule has 0 saturated heterocycles. The molecule has 0 aromatic heterocycles. The van der Waals surface area contributed by atoms with Gasteiger partial charge in [-0.25, -0.2) is 0 Å². The maximum atomic E-state index is 12.7. The summed E-state index contributed by atoms with van der Waals surface area (Å²) in [6.07, 6.45) is 2.03. The van der Waals surface area contributed by atoms with E-state index in [9.17, 15) is 9.59 Å². The van der Waals surface area contributed by atoms with E-state index in [1.54, 1.807) is 43.0 Å². The molecule has 2 aromatic rings. The van der Waals surface area contributed by atoms with E-state index in [-0.39, 0.29) is 11.8 Å². The Morgan fingerprint density at radius 1 is 1.11 bits per heavy atom. The largest absolute Gasteiger partial charge is 0.496 e. The van der Waals surface area contributed by atoms with E-state index in [2.05, 4.69) is 10.6 Å². The van der Waals surface area contributed by atoms with E-state index in [4.69, 9.17) is 4.74 Å². The highest BCUT2D eigenvalue weighted by molar-refractivity contribution is 8.04. The second-order valence-electron chi connectivity index (χ2n) is 6.11. The van der Waals surface area contributed by atoms with Gasteiger partial charge in [-0.3, -0.25) is 9.59 Å². The minimum atomic E-state index is -0.255. The lowest BCUT2D eigenvalue weighted by molar-refractivity contribution is -0.112. The highest BCUT2D eigenvalue weighted by Crippen LogP contribution is 2.27. The van der Waals surface area contributed by atoms with E-state index >= 15 is 0 Å². The standard InChI is InChI=1S/C21H22N2O3S2/c1-14-19(28-12-11-26-14)21(25)23-18-6-4-3-5-17(18)20(24)22-13-15-7-9-16(27-2)10-8-15/h3-10H,11-13H2,1-2H3,(H,22,24)(H,23,25). The van der Waals surface area contributed by atoms with Crippen LogP contribution in [-0.2, 0) is 16.1 Å². The van der Waals surface area contributed by atoms with E-state index < -0.39 is 0 Å². The van der Waals surface area contributed by atoms with Crippen LogP contribution in [0.25, 0.3) is 0 Å². The molecule has 1 heterocycles. The molecule has 0 bridgehead atoms. The fraction of sp³-hybridized carbons (Fsp3) is 0.238. The average molecular weight is 415 g/mol. The minimum absolute atomic E-state index is 0.233. The Hall–Kier alpha value is -2.38. The number of carbonyl (C=O) groups excluding carboxylic acids is 2. The number of hydrogen-bond acceptors (Lipinski definition) is 5. The van der Waals surface area contributed by atoms with E-state index in [0.29, 0.717) is 35.1 Å². The van der Waals surface area contributed by atoms with Crippen molar-refractivity contribution >= 4 is 41.0 Å². The Morgan fingerprint density at radius 2 is 1.86 bits per heavy atom. The molecule has 2 N–H and O–H groups in total. The predicted molar refractivity (Wildman–Crippen MR) is 116 cm³/mol. The van der Waals surface area contributed by atoms with Gasteiger partial charge >= 0.3 is 0 Å². The van der Waals surface area contributed by atoms with Gasteiger partial charge in [-0.15, -0.1) is 23.5 Å². The number of amides is 2. The summed E-state index contributed by atoms with van der Waals surface area (Å²) in [5.74, 6) is 0.861. The highest BCUT2D eigenvalue weighted by Gasteiger charge is 2.20. The molecule has 0 radical (unpaired) electrons. The van der Waals surface area contributed by atoms with Gasteiger partial charge in [0.25, 0.3) is 11.8 Å². The van der Waals surface area contributed by atoms with Crippen molar-refractivity contribution in [3.05, 3.63) is 70.3 Å². The number of para-hydroxylation sites is 1. The van der Waals surface area contributed by atoms with Crippen molar-refractivity contribution in [1.82, 2.24) is 5.32 Å². The normalized spacial score (nSPS) is 13.6. The average Bonchev–Trinajstić information content (AvgIpc) is 2.73. The Balaban J connectivity index is 1.68. The maximum Gasteiger partial charge on any atom is 0.265 e. The number of ether oxygens (including phenoxy) is 1. The first kappa shape index (κ1) is 20.4. The topological polar surface area (TPSA) is 67.4 Å². The summed E-state index contributed by atoms with van der Waals surface area (Å²) in [5, 5.41) is 5.76. The van der Waals surface area contributed by atoms with Gasteiger partial charge in [0, 0.05) is 17.2 Å². The zero-order valence-electron chi connectivity index (χ0n) is 15.8. The summed E-state index contributed by atoms with van der Waals surface area (Å²) in [6, 6.07) is 15.0. The molecular formula is C21H22N2O3S2. The van der Waals surface area contributed by atoms with Crippen molar-refractivity contribution in [2.75, 3.05) is 23.9 Å². The van der Waals surface area contributed by atoms with Crippen molar-refractivity contribution in [3.8, 4) is 0 Å². The SMILES string of the molecule is CSc1ccc(CNC(=O)c2ccccc2NC(=O)C2=C(C)OCCS2)cc1. The fourth-order valence-electron chi connectivity index (χ4n) is 2.72. The fourth-order valence-corrected chi connectivity index (χ4v) is 3.94. The number of benzene rings is 2. The third-order valence-electron chi connectivity index (χ3n) is 4.21. The molecule has 2 aromatic carbocycles. The van der Waals surface area contributed by atoms with Crippen LogP contribution >= 0.6 is 23.5 Å². The number of nitrogens with one attached hydrogen (secondary N) is 2. The lowest BCUT2D eigenvalue weighted by Crippen LogP contribution is -2.25. The Labute approximate surface area is 173 Å². The number of carbonyl (C=O) groups is 2. The van der Waals surface area contributed by atoms with Crippen LogP contribution in [0.15, 0.2) is 64.1 Å². The van der Waals surface area contributed by atoms with Gasteiger partial charge in [0.2, 0.25) is 0 Å². The van der Waals surface area contributed by atoms with Gasteiger partial charge in [-0.1, -0.05) is 24.3 Å². The predicted octanol–water partition coefficient (Wildman–Crippen LogP) is 4.27. The molecule has 146 valence electrons. The quantitative estimate of drug-likeness (QED) is 0.691. The summed E-state index contributed by atoms with van der Waals surface area (Å²) in [4.78, 5) is 27.0. The van der Waals surface area contributed by atoms with Crippen LogP contribution in [-0.4, -0.2) is 30.4 Å². The molecule has 0 saturated carbocycles. The monoisotopic (exact) mass is 414 g/mol. The van der Waals surface area contributed by atoms with Gasteiger partial charge in [0.1, 0.15) is 10.7 Å². The van der Waals surface area contributed by atoms with Crippen molar-refractivity contribution in [2.45, 2.75) is 18.4 Å². The zero-order valence-corrected chi connectivity index (χ0v) is 17.4. The molecule has 0 fully saturated rings. The van der Waals surface area contributed by atoms with Crippen molar-refractivity contribution in [3.63, 3.8) is 0 Å². The number of anilines is 1. The minimum Gasteiger partial charge on any atom is -0.496 e. The number of allylic oxidation sites excluding steroid dienone is 1. The summed E-state index contributed by atoms with van der Waals surface area (Å²) in [6.45, 7) is 2.80. The van der Waals surface area contributed by atoms with Crippen LogP contribution < -0.4 is 10.6 Å². The number of hydrogen-bond donors (Lipinski definition) is 2. The van der Waals surface area contributed by atoms with Crippen molar-refractivity contribution in [1.29, 1.82) is 0 Å². The van der Waals surface area contributed by atoms with Gasteiger partial charge in [-0.2, -0.15) is 0 Å². The van der Waals surface area contributed by atoms with E-state index in [1.165, 1.54) is 16.7 Å². The van der Waals surface area contributed by atoms with Gasteiger partial charge in [0.15, 0.2) is 0 Å². The lowest BCUT2D eigenvalue weighted by Gasteiger charge is -2.18. The molecule has 7 heteroatoms. The third kappa shape index (κ3) is 5.11. The lowest BCUT2D eigenvalue weighted by atomic mass is 10.1. The first-order valence-electron chi connectivity index (χ1n) is 8.86. The highest BCUT2D eigenvalue weighted by atomic mass is 32.2. The molecule has 1 aliphatic rings. The number of rotatable bonds is 6. The van der Waals surface area contributed by atoms with Crippen LogP contribution in [0.3, 0.4) is 0 Å². The number of thioether (sulfide) groups is 2. The second-order valence-corrected chi connectivity index (χ2v) is 8.10. The first-order valence-corrected chi connectivity index (χ1v) is 11.1. The van der Waals surface area contributed by atoms with Crippen LogP contribution in [0.5, 0.6) is 0 Å². The molecule has 2 amide bonds. The van der Waals surface area contributed by atoms with Crippen LogP contribution in [0.4, 0.5) is 5.69 Å². The maximum absolute atomic E-state index is 12.7. The second kappa shape index (κ2) is 9.71. The van der Waals surface area contributed by atoms with Crippen LogP contribution in [0.2, 0.25) is 0 Å². The molecule has 3 rings (SSSR count). The third-order valence-corrected chi connectivity index (χ3v) is 6.08. The summed E-state index contributed by atoms with van der Waals surface area (Å²) < 4.78 is 5.45. The Morgan fingerprint density at radius 3 is 2.57 bits per heavy atom. The van der Waals surface area contributed by atoms with Crippen molar-refractivity contribution in [2.24, 2.45) is 0 Å². The molecule has 1 aliphatic heterocycles. The van der Waals surface area contributed by atoms with Crippen molar-refractivity contribution < 1.29 is 14.3 Å². The summed E-state index contributed by atoms with van der Waals surface area (Å²) >= 11 is 3.14. The summed E-state index contributed by atoms with van der Waals surface area (Å²) in [5.41, 5.74) is 1.93.